The molecule has 0 saturated heterocycles. The Kier molecular flexibility index (Phi) is 8.78. The van der Waals surface area contributed by atoms with E-state index in [2.05, 4.69) is 10.6 Å². The van der Waals surface area contributed by atoms with Crippen molar-refractivity contribution in [2.75, 3.05) is 6.54 Å². The maximum Gasteiger partial charge on any atom is 0.328 e. The lowest BCUT2D eigenvalue weighted by Gasteiger charge is -2.24. The van der Waals surface area contributed by atoms with Crippen LogP contribution in [0.15, 0.2) is 0 Å². The van der Waals surface area contributed by atoms with Crippen LogP contribution in [0.1, 0.15) is 47.5 Å². The van der Waals surface area contributed by atoms with Gasteiger partial charge in [0.05, 0.1) is 6.04 Å². The first-order chi connectivity index (χ1) is 10.5. The van der Waals surface area contributed by atoms with Crippen molar-refractivity contribution in [1.82, 2.24) is 10.6 Å². The SMILES string of the molecule is CC(NC(=O)C(N)CCCN)C(=O)NC(C)C(=O)OC(C)(C)C. The van der Waals surface area contributed by atoms with Crippen LogP contribution in [-0.2, 0) is 19.1 Å². The third kappa shape index (κ3) is 9.14. The number of hydrogen-bond donors (Lipinski definition) is 4. The minimum atomic E-state index is -0.813. The first kappa shape index (κ1) is 21.3. The van der Waals surface area contributed by atoms with Crippen molar-refractivity contribution in [1.29, 1.82) is 0 Å². The van der Waals surface area contributed by atoms with Gasteiger partial charge < -0.3 is 26.8 Å². The molecule has 0 fully saturated rings. The van der Waals surface area contributed by atoms with Crippen LogP contribution in [-0.4, -0.2) is 48.1 Å². The summed E-state index contributed by atoms with van der Waals surface area (Å²) >= 11 is 0. The molecule has 0 rings (SSSR count). The fourth-order valence-electron chi connectivity index (χ4n) is 1.64. The standard InChI is InChI=1S/C15H30N4O4/c1-9(18-13(21)11(17)7-6-8-16)12(20)19-10(2)14(22)23-15(3,4)5/h9-11H,6-8,16-17H2,1-5H3,(H,18,21)(H,19,20). The first-order valence-corrected chi connectivity index (χ1v) is 7.77. The summed E-state index contributed by atoms with van der Waals surface area (Å²) in [5.41, 5.74) is 10.4. The molecule has 0 aromatic heterocycles. The van der Waals surface area contributed by atoms with Crippen molar-refractivity contribution in [2.45, 2.75) is 71.2 Å². The molecule has 0 aliphatic carbocycles. The van der Waals surface area contributed by atoms with Crippen LogP contribution >= 0.6 is 0 Å². The average molecular weight is 330 g/mol. The zero-order valence-corrected chi connectivity index (χ0v) is 14.6. The Hall–Kier alpha value is -1.67. The number of hydrogen-bond acceptors (Lipinski definition) is 6. The molecule has 8 heteroatoms. The van der Waals surface area contributed by atoms with E-state index in [-0.39, 0.29) is 0 Å². The van der Waals surface area contributed by atoms with E-state index in [9.17, 15) is 14.4 Å². The predicted octanol–water partition coefficient (Wildman–Crippen LogP) is -0.596. The summed E-state index contributed by atoms with van der Waals surface area (Å²) in [7, 11) is 0. The average Bonchev–Trinajstić information content (AvgIpc) is 2.42. The van der Waals surface area contributed by atoms with Crippen LogP contribution in [0, 0.1) is 0 Å². The maximum atomic E-state index is 12.0. The Morgan fingerprint density at radius 1 is 1.04 bits per heavy atom. The highest BCUT2D eigenvalue weighted by Crippen LogP contribution is 2.08. The predicted molar refractivity (Wildman–Crippen MR) is 87.3 cm³/mol. The van der Waals surface area contributed by atoms with Crippen molar-refractivity contribution in [3.8, 4) is 0 Å². The third-order valence-electron chi connectivity index (χ3n) is 2.93. The Morgan fingerprint density at radius 2 is 1.57 bits per heavy atom. The van der Waals surface area contributed by atoms with Gasteiger partial charge in [-0.3, -0.25) is 9.59 Å². The molecule has 134 valence electrons. The number of esters is 1. The van der Waals surface area contributed by atoms with Crippen LogP contribution in [0.5, 0.6) is 0 Å². The molecule has 0 aromatic carbocycles. The van der Waals surface area contributed by atoms with Gasteiger partial charge in [0.15, 0.2) is 0 Å². The van der Waals surface area contributed by atoms with Gasteiger partial charge in [-0.1, -0.05) is 0 Å². The number of carbonyl (C=O) groups is 3. The van der Waals surface area contributed by atoms with Crippen LogP contribution in [0.25, 0.3) is 0 Å². The van der Waals surface area contributed by atoms with E-state index in [0.717, 1.165) is 0 Å². The number of nitrogens with two attached hydrogens (primary N) is 2. The summed E-state index contributed by atoms with van der Waals surface area (Å²) in [6, 6.07) is -2.33. The Bertz CT molecular complexity index is 420. The van der Waals surface area contributed by atoms with Crippen LogP contribution in [0.2, 0.25) is 0 Å². The summed E-state index contributed by atoms with van der Waals surface area (Å²) in [6.07, 6.45) is 1.08. The van der Waals surface area contributed by atoms with Gasteiger partial charge in [-0.2, -0.15) is 0 Å². The van der Waals surface area contributed by atoms with E-state index in [1.807, 2.05) is 0 Å². The molecule has 0 saturated carbocycles. The Labute approximate surface area is 137 Å². The molecule has 0 radical (unpaired) electrons. The molecule has 0 aliphatic rings. The molecule has 6 N–H and O–H groups in total. The minimum Gasteiger partial charge on any atom is -0.458 e. The van der Waals surface area contributed by atoms with Crippen molar-refractivity contribution in [3.63, 3.8) is 0 Å². The largest absolute Gasteiger partial charge is 0.458 e. The maximum absolute atomic E-state index is 12.0. The van der Waals surface area contributed by atoms with Crippen LogP contribution < -0.4 is 22.1 Å². The molecule has 0 spiro atoms. The fraction of sp³-hybridized carbons (Fsp3) is 0.800. The van der Waals surface area contributed by atoms with E-state index in [1.165, 1.54) is 13.8 Å². The van der Waals surface area contributed by atoms with E-state index in [4.69, 9.17) is 16.2 Å². The van der Waals surface area contributed by atoms with Gasteiger partial charge in [0, 0.05) is 0 Å². The van der Waals surface area contributed by atoms with Crippen molar-refractivity contribution in [2.24, 2.45) is 11.5 Å². The number of amides is 2. The number of carbonyl (C=O) groups excluding carboxylic acids is 3. The van der Waals surface area contributed by atoms with Gasteiger partial charge in [0.2, 0.25) is 11.8 Å². The third-order valence-corrected chi connectivity index (χ3v) is 2.93. The molecule has 3 unspecified atom stereocenters. The zero-order chi connectivity index (χ0) is 18.2. The number of ether oxygens (including phenoxy) is 1. The highest BCUT2D eigenvalue weighted by atomic mass is 16.6. The van der Waals surface area contributed by atoms with Gasteiger partial charge in [-0.15, -0.1) is 0 Å². The Morgan fingerprint density at radius 3 is 2.04 bits per heavy atom. The van der Waals surface area contributed by atoms with Crippen molar-refractivity contribution in [3.05, 3.63) is 0 Å². The van der Waals surface area contributed by atoms with E-state index >= 15 is 0 Å². The molecular formula is C15H30N4O4. The fourth-order valence-corrected chi connectivity index (χ4v) is 1.64. The zero-order valence-electron chi connectivity index (χ0n) is 14.6. The van der Waals surface area contributed by atoms with Crippen molar-refractivity contribution < 1.29 is 19.1 Å². The summed E-state index contributed by atoms with van der Waals surface area (Å²) in [5.74, 6) is -1.45. The summed E-state index contributed by atoms with van der Waals surface area (Å²) < 4.78 is 5.17. The summed E-state index contributed by atoms with van der Waals surface area (Å²) in [4.78, 5) is 35.6. The second-order valence-electron chi connectivity index (χ2n) is 6.53. The van der Waals surface area contributed by atoms with Gasteiger partial charge in [0.1, 0.15) is 17.7 Å². The molecule has 2 amide bonds. The molecule has 0 aliphatic heterocycles. The smallest absolute Gasteiger partial charge is 0.328 e. The lowest BCUT2D eigenvalue weighted by Crippen LogP contribution is -2.53. The van der Waals surface area contributed by atoms with Crippen molar-refractivity contribution >= 4 is 17.8 Å². The lowest BCUT2D eigenvalue weighted by atomic mass is 10.1. The summed E-state index contributed by atoms with van der Waals surface area (Å²) in [5, 5.41) is 5.01. The lowest BCUT2D eigenvalue weighted by molar-refractivity contribution is -0.158. The molecule has 0 aromatic rings. The molecule has 0 heterocycles. The van der Waals surface area contributed by atoms with Gasteiger partial charge >= 0.3 is 5.97 Å². The second-order valence-corrected chi connectivity index (χ2v) is 6.53. The Balaban J connectivity index is 4.39. The van der Waals surface area contributed by atoms with Gasteiger partial charge in [-0.05, 0) is 54.0 Å². The van der Waals surface area contributed by atoms with Crippen LogP contribution in [0.4, 0.5) is 0 Å². The normalized spacial score (nSPS) is 15.3. The van der Waals surface area contributed by atoms with Gasteiger partial charge in [-0.25, -0.2) is 4.79 Å². The molecule has 8 nitrogen and oxygen atoms in total. The second kappa shape index (κ2) is 9.46. The number of nitrogens with one attached hydrogen (secondary N) is 2. The quantitative estimate of drug-likeness (QED) is 0.439. The molecular weight excluding hydrogens is 300 g/mol. The minimum absolute atomic E-state index is 0.425. The molecule has 3 atom stereocenters. The van der Waals surface area contributed by atoms with Crippen LogP contribution in [0.3, 0.4) is 0 Å². The molecule has 23 heavy (non-hydrogen) atoms. The number of rotatable bonds is 8. The first-order valence-electron chi connectivity index (χ1n) is 7.77. The summed E-state index contributed by atoms with van der Waals surface area (Å²) in [6.45, 7) is 8.71. The molecule has 0 bridgehead atoms. The van der Waals surface area contributed by atoms with E-state index in [1.54, 1.807) is 20.8 Å². The topological polar surface area (TPSA) is 137 Å². The monoisotopic (exact) mass is 330 g/mol. The highest BCUT2D eigenvalue weighted by molar-refractivity contribution is 5.91. The van der Waals surface area contributed by atoms with E-state index in [0.29, 0.717) is 19.4 Å². The van der Waals surface area contributed by atoms with E-state index < -0.39 is 41.5 Å². The highest BCUT2D eigenvalue weighted by Gasteiger charge is 2.26. The van der Waals surface area contributed by atoms with Gasteiger partial charge in [0.25, 0.3) is 0 Å².